The predicted octanol–water partition coefficient (Wildman–Crippen LogP) is 7.07. The van der Waals surface area contributed by atoms with Crippen LogP contribution in [0.2, 0.25) is 0 Å². The van der Waals surface area contributed by atoms with Gasteiger partial charge in [0.05, 0.1) is 11.5 Å². The Balaban J connectivity index is 1.48. The second kappa shape index (κ2) is 14.2. The zero-order valence-electron chi connectivity index (χ0n) is 23.3. The summed E-state index contributed by atoms with van der Waals surface area (Å²) < 4.78 is 5.36. The van der Waals surface area contributed by atoms with Crippen LogP contribution in [0.3, 0.4) is 0 Å². The number of nitrogens with one attached hydrogen (secondary N) is 3. The Labute approximate surface area is 244 Å². The van der Waals surface area contributed by atoms with Crippen LogP contribution in [0.4, 0.5) is 11.4 Å². The maximum Gasteiger partial charge on any atom is 0.272 e. The molecule has 3 amide bonds. The highest BCUT2D eigenvalue weighted by atomic mass is 32.2. The molecule has 0 saturated carbocycles. The van der Waals surface area contributed by atoms with E-state index in [1.807, 2.05) is 56.3 Å². The van der Waals surface area contributed by atoms with E-state index in [2.05, 4.69) is 22.9 Å². The molecule has 8 heteroatoms. The first-order valence-corrected chi connectivity index (χ1v) is 14.3. The Morgan fingerprint density at radius 3 is 2.39 bits per heavy atom. The molecule has 0 radical (unpaired) electrons. The SMILES string of the molecule is CCc1cccc(C)c1NC(=O)C(CC)Sc1cccc(NC(=O)/C(=C/c2ccco2)NC(=O)c2ccccc2)c1. The first-order valence-electron chi connectivity index (χ1n) is 13.5. The van der Waals surface area contributed by atoms with Gasteiger partial charge in [0.25, 0.3) is 11.8 Å². The van der Waals surface area contributed by atoms with Gasteiger partial charge in [-0.2, -0.15) is 0 Å². The number of thioether (sulfide) groups is 1. The smallest absolute Gasteiger partial charge is 0.272 e. The first kappa shape index (κ1) is 29.4. The molecule has 0 aliphatic carbocycles. The van der Waals surface area contributed by atoms with Crippen molar-refractivity contribution in [3.63, 3.8) is 0 Å². The summed E-state index contributed by atoms with van der Waals surface area (Å²) in [6.45, 7) is 6.03. The molecule has 4 rings (SSSR count). The van der Waals surface area contributed by atoms with Gasteiger partial charge in [-0.1, -0.05) is 56.3 Å². The van der Waals surface area contributed by atoms with Gasteiger partial charge in [-0.3, -0.25) is 14.4 Å². The van der Waals surface area contributed by atoms with Crippen molar-refractivity contribution in [1.29, 1.82) is 0 Å². The molecule has 7 nitrogen and oxygen atoms in total. The lowest BCUT2D eigenvalue weighted by atomic mass is 10.1. The van der Waals surface area contributed by atoms with Gasteiger partial charge in [-0.15, -0.1) is 11.8 Å². The minimum atomic E-state index is -0.510. The van der Waals surface area contributed by atoms with Crippen molar-refractivity contribution in [1.82, 2.24) is 5.32 Å². The number of carbonyl (C=O) groups excluding carboxylic acids is 3. The highest BCUT2D eigenvalue weighted by Gasteiger charge is 2.21. The largest absolute Gasteiger partial charge is 0.465 e. The van der Waals surface area contributed by atoms with Gasteiger partial charge in [0.1, 0.15) is 11.5 Å². The van der Waals surface area contributed by atoms with Gasteiger partial charge in [0, 0.05) is 27.9 Å². The number of amides is 3. The van der Waals surface area contributed by atoms with Gasteiger partial charge >= 0.3 is 0 Å². The molecular weight excluding hydrogens is 534 g/mol. The summed E-state index contributed by atoms with van der Waals surface area (Å²) >= 11 is 1.43. The second-order valence-electron chi connectivity index (χ2n) is 9.34. The molecule has 1 heterocycles. The van der Waals surface area contributed by atoms with E-state index in [4.69, 9.17) is 4.42 Å². The first-order chi connectivity index (χ1) is 19.9. The fourth-order valence-corrected chi connectivity index (χ4v) is 5.21. The van der Waals surface area contributed by atoms with Crippen LogP contribution in [0.5, 0.6) is 0 Å². The maximum absolute atomic E-state index is 13.3. The predicted molar refractivity (Wildman–Crippen MR) is 165 cm³/mol. The fourth-order valence-electron chi connectivity index (χ4n) is 4.20. The van der Waals surface area contributed by atoms with E-state index in [1.165, 1.54) is 24.1 Å². The standard InChI is InChI=1S/C33H33N3O4S/c1-4-23-15-9-12-22(3)30(23)36-33(39)29(5-2)41-27-18-10-16-25(20-27)34-32(38)28(21-26-17-11-19-40-26)35-31(37)24-13-7-6-8-14-24/h6-21,29H,4-5H2,1-3H3,(H,34,38)(H,35,37)(H,36,39)/b28-21-. The number of furan rings is 1. The van der Waals surface area contributed by atoms with Crippen LogP contribution in [0.25, 0.3) is 6.08 Å². The third kappa shape index (κ3) is 7.99. The van der Waals surface area contributed by atoms with Crippen LogP contribution >= 0.6 is 11.8 Å². The number of anilines is 2. The molecule has 1 unspecified atom stereocenters. The van der Waals surface area contributed by atoms with Crippen LogP contribution in [-0.2, 0) is 16.0 Å². The number of carbonyl (C=O) groups is 3. The van der Waals surface area contributed by atoms with Crippen molar-refractivity contribution in [2.45, 2.75) is 43.8 Å². The molecule has 0 spiro atoms. The van der Waals surface area contributed by atoms with Crippen molar-refractivity contribution in [2.24, 2.45) is 0 Å². The summed E-state index contributed by atoms with van der Waals surface area (Å²) in [5, 5.41) is 8.35. The second-order valence-corrected chi connectivity index (χ2v) is 10.6. The van der Waals surface area contributed by atoms with Crippen molar-refractivity contribution >= 4 is 46.9 Å². The molecule has 0 fully saturated rings. The van der Waals surface area contributed by atoms with E-state index < -0.39 is 11.8 Å². The van der Waals surface area contributed by atoms with Crippen molar-refractivity contribution in [2.75, 3.05) is 10.6 Å². The van der Waals surface area contributed by atoms with Gasteiger partial charge in [-0.05, 0) is 73.4 Å². The van der Waals surface area contributed by atoms with Crippen LogP contribution in [0, 0.1) is 6.92 Å². The average Bonchev–Trinajstić information content (AvgIpc) is 3.50. The number of hydrogen-bond donors (Lipinski definition) is 3. The monoisotopic (exact) mass is 567 g/mol. The lowest BCUT2D eigenvalue weighted by Crippen LogP contribution is -2.30. The van der Waals surface area contributed by atoms with Crippen molar-refractivity contribution in [3.05, 3.63) is 119 Å². The van der Waals surface area contributed by atoms with Gasteiger partial charge in [-0.25, -0.2) is 0 Å². The molecular formula is C33H33N3O4S. The average molecular weight is 568 g/mol. The van der Waals surface area contributed by atoms with E-state index in [0.717, 1.165) is 28.1 Å². The summed E-state index contributed by atoms with van der Waals surface area (Å²) in [4.78, 5) is 40.2. The van der Waals surface area contributed by atoms with E-state index in [-0.39, 0.29) is 16.9 Å². The third-order valence-corrected chi connectivity index (χ3v) is 7.74. The molecule has 41 heavy (non-hydrogen) atoms. The molecule has 0 aliphatic heterocycles. The Bertz CT molecular complexity index is 1530. The minimum absolute atomic E-state index is 0.0302. The summed E-state index contributed by atoms with van der Waals surface area (Å²) in [5.74, 6) is -0.573. The molecule has 1 atom stereocenters. The quantitative estimate of drug-likeness (QED) is 0.133. The topological polar surface area (TPSA) is 100 Å². The zero-order chi connectivity index (χ0) is 29.2. The van der Waals surface area contributed by atoms with Gasteiger partial charge < -0.3 is 20.4 Å². The van der Waals surface area contributed by atoms with Gasteiger partial charge in [0.2, 0.25) is 5.91 Å². The van der Waals surface area contributed by atoms with Crippen LogP contribution < -0.4 is 16.0 Å². The molecule has 0 bridgehead atoms. The normalized spacial score (nSPS) is 11.9. The number of para-hydroxylation sites is 1. The van der Waals surface area contributed by atoms with Crippen LogP contribution in [-0.4, -0.2) is 23.0 Å². The fraction of sp³-hybridized carbons (Fsp3) is 0.182. The number of aryl methyl sites for hydroxylation is 2. The highest BCUT2D eigenvalue weighted by molar-refractivity contribution is 8.00. The zero-order valence-corrected chi connectivity index (χ0v) is 24.1. The summed E-state index contributed by atoms with van der Waals surface area (Å²) in [5.41, 5.74) is 3.98. The molecule has 3 aromatic carbocycles. The Kier molecular flexibility index (Phi) is 10.2. The number of benzene rings is 3. The summed E-state index contributed by atoms with van der Waals surface area (Å²) in [6.07, 6.45) is 4.42. The summed E-state index contributed by atoms with van der Waals surface area (Å²) in [7, 11) is 0. The van der Waals surface area contributed by atoms with Gasteiger partial charge in [0.15, 0.2) is 0 Å². The Morgan fingerprint density at radius 2 is 1.68 bits per heavy atom. The molecule has 0 aliphatic rings. The lowest BCUT2D eigenvalue weighted by molar-refractivity contribution is -0.116. The van der Waals surface area contributed by atoms with Crippen LogP contribution in [0.1, 0.15) is 47.5 Å². The maximum atomic E-state index is 13.3. The lowest BCUT2D eigenvalue weighted by Gasteiger charge is -2.18. The highest BCUT2D eigenvalue weighted by Crippen LogP contribution is 2.30. The molecule has 210 valence electrons. The number of hydrogen-bond acceptors (Lipinski definition) is 5. The van der Waals surface area contributed by atoms with E-state index in [1.54, 1.807) is 42.5 Å². The molecule has 0 saturated heterocycles. The summed E-state index contributed by atoms with van der Waals surface area (Å²) in [6, 6.07) is 25.3. The molecule has 1 aromatic heterocycles. The Hall–Kier alpha value is -4.56. The third-order valence-electron chi connectivity index (χ3n) is 6.38. The van der Waals surface area contributed by atoms with E-state index in [0.29, 0.717) is 23.4 Å². The van der Waals surface area contributed by atoms with Crippen molar-refractivity contribution in [3.8, 4) is 0 Å². The number of rotatable bonds is 11. The van der Waals surface area contributed by atoms with E-state index in [9.17, 15) is 14.4 Å². The molecule has 3 N–H and O–H groups in total. The van der Waals surface area contributed by atoms with E-state index >= 15 is 0 Å². The van der Waals surface area contributed by atoms with Crippen molar-refractivity contribution < 1.29 is 18.8 Å². The Morgan fingerprint density at radius 1 is 0.902 bits per heavy atom. The minimum Gasteiger partial charge on any atom is -0.465 e. The van der Waals surface area contributed by atoms with Crippen LogP contribution in [0.15, 0.2) is 106 Å². The molecule has 4 aromatic rings.